The van der Waals surface area contributed by atoms with Gasteiger partial charge in [0.2, 0.25) is 0 Å². The molecule has 1 aliphatic rings. The van der Waals surface area contributed by atoms with Crippen molar-refractivity contribution in [2.45, 2.75) is 18.9 Å². The molecule has 0 saturated heterocycles. The summed E-state index contributed by atoms with van der Waals surface area (Å²) >= 11 is 0. The topological polar surface area (TPSA) is 9.23 Å². The molecule has 0 N–H and O–H groups in total. The Morgan fingerprint density at radius 1 is 0.875 bits per heavy atom. The number of hydrogen-bond donors (Lipinski definition) is 0. The van der Waals surface area contributed by atoms with Crippen molar-refractivity contribution in [2.24, 2.45) is 0 Å². The van der Waals surface area contributed by atoms with Gasteiger partial charge in [-0.3, -0.25) is 0 Å². The van der Waals surface area contributed by atoms with E-state index in [9.17, 15) is 0 Å². The molecule has 1 nitrogen and oxygen atoms in total. The average Bonchev–Trinajstić information content (AvgIpc) is 2.39. The van der Waals surface area contributed by atoms with Gasteiger partial charge in [0.15, 0.2) is 0 Å². The third-order valence-corrected chi connectivity index (χ3v) is 3.09. The highest BCUT2D eigenvalue weighted by atomic mass is 16.5. The fraction of sp³-hybridized carbons (Fsp3) is 0.200. The molecular formula is C15H14O. The lowest BCUT2D eigenvalue weighted by Crippen LogP contribution is -2.14. The monoisotopic (exact) mass is 210 g/mol. The van der Waals surface area contributed by atoms with Crippen LogP contribution in [0.4, 0.5) is 0 Å². The van der Waals surface area contributed by atoms with E-state index in [4.69, 9.17) is 4.74 Å². The maximum Gasteiger partial charge on any atom is 0.124 e. The second-order valence-corrected chi connectivity index (χ2v) is 4.16. The van der Waals surface area contributed by atoms with Crippen LogP contribution in [0.1, 0.15) is 23.7 Å². The Balaban J connectivity index is 1.89. The molecule has 3 rings (SSSR count). The van der Waals surface area contributed by atoms with E-state index in [2.05, 4.69) is 42.5 Å². The van der Waals surface area contributed by atoms with Crippen LogP contribution in [0.2, 0.25) is 0 Å². The van der Waals surface area contributed by atoms with E-state index in [1.54, 1.807) is 0 Å². The first-order chi connectivity index (χ1) is 7.93. The van der Waals surface area contributed by atoms with Gasteiger partial charge in [-0.1, -0.05) is 48.5 Å². The Morgan fingerprint density at radius 3 is 2.50 bits per heavy atom. The first kappa shape index (κ1) is 9.46. The maximum absolute atomic E-state index is 6.02. The van der Waals surface area contributed by atoms with Crippen molar-refractivity contribution < 1.29 is 4.74 Å². The van der Waals surface area contributed by atoms with E-state index in [1.807, 2.05) is 12.1 Å². The summed E-state index contributed by atoms with van der Waals surface area (Å²) in [4.78, 5) is 0. The molecule has 80 valence electrons. The van der Waals surface area contributed by atoms with Crippen LogP contribution in [0, 0.1) is 0 Å². The third-order valence-electron chi connectivity index (χ3n) is 3.09. The Morgan fingerprint density at radius 2 is 1.62 bits per heavy atom. The summed E-state index contributed by atoms with van der Waals surface area (Å²) in [6.45, 7) is 0. The lowest BCUT2D eigenvalue weighted by atomic mass is 9.98. The molecule has 0 spiro atoms. The van der Waals surface area contributed by atoms with E-state index < -0.39 is 0 Å². The second kappa shape index (κ2) is 4.01. The van der Waals surface area contributed by atoms with Crippen molar-refractivity contribution in [1.29, 1.82) is 0 Å². The lowest BCUT2D eigenvalue weighted by molar-refractivity contribution is 0.176. The molecule has 16 heavy (non-hydrogen) atoms. The zero-order chi connectivity index (χ0) is 10.8. The summed E-state index contributed by atoms with van der Waals surface area (Å²) in [7, 11) is 0. The molecule has 0 unspecified atom stereocenters. The minimum atomic E-state index is 0.219. The second-order valence-electron chi connectivity index (χ2n) is 4.16. The molecule has 1 heteroatoms. The van der Waals surface area contributed by atoms with Crippen molar-refractivity contribution in [3.8, 4) is 5.75 Å². The fourth-order valence-corrected chi connectivity index (χ4v) is 2.23. The van der Waals surface area contributed by atoms with Crippen molar-refractivity contribution in [2.75, 3.05) is 0 Å². The highest BCUT2D eigenvalue weighted by Crippen LogP contribution is 2.34. The SMILES string of the molecule is c1ccc([C@H]2CCc3ccccc3O2)cc1. The van der Waals surface area contributed by atoms with Crippen molar-refractivity contribution in [1.82, 2.24) is 0 Å². The van der Waals surface area contributed by atoms with Crippen molar-refractivity contribution in [3.05, 3.63) is 65.7 Å². The Kier molecular flexibility index (Phi) is 2.37. The predicted molar refractivity (Wildman–Crippen MR) is 64.6 cm³/mol. The molecule has 1 aliphatic heterocycles. The molecule has 0 bridgehead atoms. The smallest absolute Gasteiger partial charge is 0.124 e. The average molecular weight is 210 g/mol. The van der Waals surface area contributed by atoms with Crippen LogP contribution in [0.15, 0.2) is 54.6 Å². The highest BCUT2D eigenvalue weighted by molar-refractivity contribution is 5.36. The van der Waals surface area contributed by atoms with E-state index in [1.165, 1.54) is 11.1 Å². The van der Waals surface area contributed by atoms with Gasteiger partial charge >= 0.3 is 0 Å². The van der Waals surface area contributed by atoms with Crippen molar-refractivity contribution in [3.63, 3.8) is 0 Å². The number of fused-ring (bicyclic) bond motifs is 1. The zero-order valence-electron chi connectivity index (χ0n) is 9.10. The summed E-state index contributed by atoms with van der Waals surface area (Å²) < 4.78 is 6.02. The summed E-state index contributed by atoms with van der Waals surface area (Å²) in [6, 6.07) is 18.8. The number of ether oxygens (including phenoxy) is 1. The predicted octanol–water partition coefficient (Wildman–Crippen LogP) is 3.75. The fourth-order valence-electron chi connectivity index (χ4n) is 2.23. The number of para-hydroxylation sites is 1. The summed E-state index contributed by atoms with van der Waals surface area (Å²) in [5.41, 5.74) is 2.60. The van der Waals surface area contributed by atoms with Crippen LogP contribution >= 0.6 is 0 Å². The van der Waals surface area contributed by atoms with Crippen LogP contribution in [-0.4, -0.2) is 0 Å². The zero-order valence-corrected chi connectivity index (χ0v) is 9.10. The number of rotatable bonds is 1. The molecule has 2 aromatic carbocycles. The molecule has 0 aliphatic carbocycles. The number of aryl methyl sites for hydroxylation is 1. The van der Waals surface area contributed by atoms with Crippen LogP contribution < -0.4 is 4.74 Å². The lowest BCUT2D eigenvalue weighted by Gasteiger charge is -2.26. The highest BCUT2D eigenvalue weighted by Gasteiger charge is 2.20. The number of benzene rings is 2. The molecule has 0 saturated carbocycles. The molecule has 1 heterocycles. The third kappa shape index (κ3) is 1.69. The summed E-state index contributed by atoms with van der Waals surface area (Å²) in [6.07, 6.45) is 2.40. The molecular weight excluding hydrogens is 196 g/mol. The van der Waals surface area contributed by atoms with Gasteiger partial charge in [-0.15, -0.1) is 0 Å². The van der Waals surface area contributed by atoms with E-state index in [0.29, 0.717) is 0 Å². The minimum Gasteiger partial charge on any atom is -0.485 e. The Labute approximate surface area is 95.7 Å². The van der Waals surface area contributed by atoms with E-state index >= 15 is 0 Å². The summed E-state index contributed by atoms with van der Waals surface area (Å²) in [5.74, 6) is 1.04. The van der Waals surface area contributed by atoms with E-state index in [-0.39, 0.29) is 6.10 Å². The largest absolute Gasteiger partial charge is 0.485 e. The normalized spacial score (nSPS) is 18.6. The Bertz CT molecular complexity index is 476. The van der Waals surface area contributed by atoms with Gasteiger partial charge in [0, 0.05) is 0 Å². The number of hydrogen-bond acceptors (Lipinski definition) is 1. The Hall–Kier alpha value is -1.76. The quantitative estimate of drug-likeness (QED) is 0.696. The van der Waals surface area contributed by atoms with Crippen LogP contribution in [0.5, 0.6) is 5.75 Å². The molecule has 1 atom stereocenters. The first-order valence-corrected chi connectivity index (χ1v) is 5.73. The summed E-state index contributed by atoms with van der Waals surface area (Å²) in [5, 5.41) is 0. The van der Waals surface area contributed by atoms with Crippen molar-refractivity contribution >= 4 is 0 Å². The maximum atomic E-state index is 6.02. The molecule has 0 radical (unpaired) electrons. The van der Waals surface area contributed by atoms with E-state index in [0.717, 1.165) is 18.6 Å². The molecule has 2 aromatic rings. The standard InChI is InChI=1S/C15H14O/c1-2-6-12(7-3-1)15-11-10-13-8-4-5-9-14(13)16-15/h1-9,15H,10-11H2/t15-/m1/s1. The molecule has 0 fully saturated rings. The van der Waals surface area contributed by atoms with Gasteiger partial charge in [-0.05, 0) is 30.0 Å². The first-order valence-electron chi connectivity index (χ1n) is 5.73. The van der Waals surface area contributed by atoms with Crippen LogP contribution in [0.3, 0.4) is 0 Å². The van der Waals surface area contributed by atoms with Gasteiger partial charge in [-0.25, -0.2) is 0 Å². The van der Waals surface area contributed by atoms with Crippen LogP contribution in [0.25, 0.3) is 0 Å². The van der Waals surface area contributed by atoms with Gasteiger partial charge in [-0.2, -0.15) is 0 Å². The molecule has 0 aromatic heterocycles. The molecule has 0 amide bonds. The van der Waals surface area contributed by atoms with Gasteiger partial charge in [0.1, 0.15) is 11.9 Å². The van der Waals surface area contributed by atoms with Crippen LogP contribution in [-0.2, 0) is 6.42 Å². The van der Waals surface area contributed by atoms with Gasteiger partial charge in [0.05, 0.1) is 0 Å². The van der Waals surface area contributed by atoms with Gasteiger partial charge in [0.25, 0.3) is 0 Å². The minimum absolute atomic E-state index is 0.219. The van der Waals surface area contributed by atoms with Gasteiger partial charge < -0.3 is 4.74 Å².